The first-order valence-corrected chi connectivity index (χ1v) is 6.84. The van der Waals surface area contributed by atoms with Crippen molar-refractivity contribution in [3.8, 4) is 0 Å². The fourth-order valence-corrected chi connectivity index (χ4v) is 2.81. The molecule has 0 radical (unpaired) electrons. The van der Waals surface area contributed by atoms with Gasteiger partial charge < -0.3 is 5.11 Å². The van der Waals surface area contributed by atoms with E-state index in [1.54, 1.807) is 12.3 Å². The molecule has 1 N–H and O–H groups in total. The van der Waals surface area contributed by atoms with Crippen molar-refractivity contribution in [2.45, 2.75) is 32.1 Å². The van der Waals surface area contributed by atoms with E-state index >= 15 is 0 Å². The maximum absolute atomic E-state index is 12.1. The summed E-state index contributed by atoms with van der Waals surface area (Å²) in [5, 5.41) is 9.96. The number of carbonyl (C=O) groups is 1. The molecule has 0 aliphatic heterocycles. The van der Waals surface area contributed by atoms with E-state index in [1.165, 1.54) is 0 Å². The van der Waals surface area contributed by atoms with Crippen molar-refractivity contribution in [1.29, 1.82) is 0 Å². The van der Waals surface area contributed by atoms with E-state index in [9.17, 15) is 9.90 Å². The Bertz CT molecular complexity index is 595. The molecule has 0 aliphatic carbocycles. The van der Waals surface area contributed by atoms with Crippen LogP contribution in [0.2, 0.25) is 0 Å². The van der Waals surface area contributed by atoms with Crippen LogP contribution in [-0.2, 0) is 10.2 Å². The maximum Gasteiger partial charge on any atom is 0.318 e. The van der Waals surface area contributed by atoms with Crippen LogP contribution in [0.4, 0.5) is 0 Å². The normalized spacial score (nSPS) is 13.7. The summed E-state index contributed by atoms with van der Waals surface area (Å²) in [7, 11) is 0. The van der Waals surface area contributed by atoms with Gasteiger partial charge in [-0.2, -0.15) is 0 Å². The van der Waals surface area contributed by atoms with E-state index < -0.39 is 11.4 Å². The zero-order valence-electron chi connectivity index (χ0n) is 11.8. The van der Waals surface area contributed by atoms with Crippen molar-refractivity contribution in [2.75, 3.05) is 0 Å². The molecule has 2 aromatic rings. The molecule has 2 rings (SSSR count). The Morgan fingerprint density at radius 2 is 1.90 bits per heavy atom. The molecule has 0 amide bonds. The molecule has 0 fully saturated rings. The van der Waals surface area contributed by atoms with Crippen LogP contribution >= 0.6 is 0 Å². The van der Waals surface area contributed by atoms with Crippen LogP contribution in [0.1, 0.15) is 36.6 Å². The van der Waals surface area contributed by atoms with Crippen LogP contribution in [-0.4, -0.2) is 16.1 Å². The van der Waals surface area contributed by atoms with E-state index in [0.29, 0.717) is 6.42 Å². The van der Waals surface area contributed by atoms with Gasteiger partial charge in [-0.25, -0.2) is 0 Å². The summed E-state index contributed by atoms with van der Waals surface area (Å²) in [6.07, 6.45) is 3.04. The summed E-state index contributed by atoms with van der Waals surface area (Å²) >= 11 is 0. The number of aryl methyl sites for hydroxylation is 1. The lowest BCUT2D eigenvalue weighted by molar-refractivity contribution is -0.142. The molecule has 1 heterocycles. The highest BCUT2D eigenvalue weighted by Gasteiger charge is 2.42. The van der Waals surface area contributed by atoms with Gasteiger partial charge in [0.05, 0.1) is 0 Å². The van der Waals surface area contributed by atoms with Gasteiger partial charge in [-0.3, -0.25) is 9.78 Å². The van der Waals surface area contributed by atoms with Gasteiger partial charge in [0, 0.05) is 11.9 Å². The largest absolute Gasteiger partial charge is 0.480 e. The number of nitrogens with zero attached hydrogens (tertiary/aromatic N) is 1. The summed E-state index contributed by atoms with van der Waals surface area (Å²) in [6, 6.07) is 13.1. The topological polar surface area (TPSA) is 50.2 Å². The monoisotopic (exact) mass is 269 g/mol. The van der Waals surface area contributed by atoms with Crippen molar-refractivity contribution < 1.29 is 9.90 Å². The average Bonchev–Trinajstić information content (AvgIpc) is 2.46. The molecule has 0 spiro atoms. The number of aromatic nitrogens is 1. The Balaban J connectivity index is 2.72. The fraction of sp³-hybridized carbons (Fsp3) is 0.294. The zero-order chi connectivity index (χ0) is 14.6. The third-order valence-corrected chi connectivity index (χ3v) is 3.72. The molecule has 0 bridgehead atoms. The minimum absolute atomic E-state index is 0.554. The second-order valence-electron chi connectivity index (χ2n) is 4.96. The van der Waals surface area contributed by atoms with Crippen molar-refractivity contribution >= 4 is 5.97 Å². The van der Waals surface area contributed by atoms with Crippen molar-refractivity contribution in [2.24, 2.45) is 0 Å². The predicted molar refractivity (Wildman–Crippen MR) is 78.7 cm³/mol. The second kappa shape index (κ2) is 5.87. The van der Waals surface area contributed by atoms with Crippen LogP contribution in [0.5, 0.6) is 0 Å². The quantitative estimate of drug-likeness (QED) is 0.903. The Labute approximate surface area is 119 Å². The molecule has 1 aromatic heterocycles. The molecule has 1 unspecified atom stereocenters. The van der Waals surface area contributed by atoms with E-state index in [-0.39, 0.29) is 0 Å². The molecule has 1 atom stereocenters. The van der Waals surface area contributed by atoms with E-state index in [0.717, 1.165) is 23.2 Å². The Morgan fingerprint density at radius 3 is 2.45 bits per heavy atom. The summed E-state index contributed by atoms with van der Waals surface area (Å²) in [5.74, 6) is -0.818. The Kier molecular flexibility index (Phi) is 4.18. The highest BCUT2D eigenvalue weighted by Crippen LogP contribution is 2.38. The number of rotatable bonds is 5. The van der Waals surface area contributed by atoms with Crippen LogP contribution < -0.4 is 0 Å². The smallest absolute Gasteiger partial charge is 0.318 e. The first kappa shape index (κ1) is 14.3. The molecule has 0 saturated heterocycles. The highest BCUT2D eigenvalue weighted by atomic mass is 16.4. The van der Waals surface area contributed by atoms with Gasteiger partial charge in [-0.05, 0) is 30.5 Å². The first-order valence-electron chi connectivity index (χ1n) is 6.84. The van der Waals surface area contributed by atoms with Crippen LogP contribution in [0.3, 0.4) is 0 Å². The molecule has 104 valence electrons. The molecule has 0 saturated carbocycles. The van der Waals surface area contributed by atoms with Gasteiger partial charge in [0.15, 0.2) is 0 Å². The molecule has 1 aromatic carbocycles. The van der Waals surface area contributed by atoms with E-state index in [2.05, 4.69) is 4.98 Å². The molecule has 3 nitrogen and oxygen atoms in total. The Morgan fingerprint density at radius 1 is 1.20 bits per heavy atom. The molecule has 20 heavy (non-hydrogen) atoms. The number of aliphatic carboxylic acids is 1. The van der Waals surface area contributed by atoms with Crippen molar-refractivity contribution in [3.05, 3.63) is 65.5 Å². The predicted octanol–water partition coefficient (Wildman–Crippen LogP) is 3.56. The second-order valence-corrected chi connectivity index (χ2v) is 4.96. The number of hydrogen-bond acceptors (Lipinski definition) is 2. The standard InChI is InChI=1S/C17H19NO2/c1-3-11-17(16(19)20,14-8-5-4-6-9-14)15-10-7-12-18-13(15)2/h4-10,12H,3,11H2,1-2H3,(H,19,20). The maximum atomic E-state index is 12.1. The Hall–Kier alpha value is -2.16. The van der Waals surface area contributed by atoms with Gasteiger partial charge in [-0.15, -0.1) is 0 Å². The van der Waals surface area contributed by atoms with Crippen LogP contribution in [0, 0.1) is 6.92 Å². The summed E-state index contributed by atoms with van der Waals surface area (Å²) in [6.45, 7) is 3.87. The summed E-state index contributed by atoms with van der Waals surface area (Å²) in [4.78, 5) is 16.4. The molecular weight excluding hydrogens is 250 g/mol. The third kappa shape index (κ3) is 2.31. The number of benzene rings is 1. The SMILES string of the molecule is CCCC(C(=O)O)(c1ccccc1)c1cccnc1C. The number of carboxylic acids is 1. The van der Waals surface area contributed by atoms with Crippen molar-refractivity contribution in [3.63, 3.8) is 0 Å². The highest BCUT2D eigenvalue weighted by molar-refractivity contribution is 5.86. The summed E-state index contributed by atoms with van der Waals surface area (Å²) in [5.41, 5.74) is 1.34. The van der Waals surface area contributed by atoms with Gasteiger partial charge in [0.1, 0.15) is 5.41 Å². The zero-order valence-corrected chi connectivity index (χ0v) is 11.8. The van der Waals surface area contributed by atoms with Gasteiger partial charge in [-0.1, -0.05) is 49.7 Å². The van der Waals surface area contributed by atoms with Crippen LogP contribution in [0.15, 0.2) is 48.7 Å². The van der Waals surface area contributed by atoms with Crippen molar-refractivity contribution in [1.82, 2.24) is 4.98 Å². The van der Waals surface area contributed by atoms with E-state index in [4.69, 9.17) is 0 Å². The molecule has 3 heteroatoms. The van der Waals surface area contributed by atoms with Gasteiger partial charge >= 0.3 is 5.97 Å². The lowest BCUT2D eigenvalue weighted by Gasteiger charge is -2.31. The number of carboxylic acid groups (broad SMARTS) is 1. The third-order valence-electron chi connectivity index (χ3n) is 3.72. The van der Waals surface area contributed by atoms with E-state index in [1.807, 2.05) is 50.2 Å². The number of pyridine rings is 1. The van der Waals surface area contributed by atoms with Crippen LogP contribution in [0.25, 0.3) is 0 Å². The minimum atomic E-state index is -1.02. The van der Waals surface area contributed by atoms with Gasteiger partial charge in [0.25, 0.3) is 0 Å². The van der Waals surface area contributed by atoms with Gasteiger partial charge in [0.2, 0.25) is 0 Å². The first-order chi connectivity index (χ1) is 9.63. The number of hydrogen-bond donors (Lipinski definition) is 1. The average molecular weight is 269 g/mol. The molecule has 0 aliphatic rings. The lowest BCUT2D eigenvalue weighted by atomic mass is 9.71. The lowest BCUT2D eigenvalue weighted by Crippen LogP contribution is -2.38. The minimum Gasteiger partial charge on any atom is -0.480 e. The fourth-order valence-electron chi connectivity index (χ4n) is 2.81. The molecular formula is C17H19NO2. The summed E-state index contributed by atoms with van der Waals surface area (Å²) < 4.78 is 0.